The maximum Gasteiger partial charge on any atom is 0.359 e. The number of amides is 1. The number of hydrogen-bond acceptors (Lipinski definition) is 6. The average molecular weight is 481 g/mol. The van der Waals surface area contributed by atoms with Gasteiger partial charge in [-0.15, -0.1) is 0 Å². The van der Waals surface area contributed by atoms with Crippen LogP contribution >= 0.6 is 0 Å². The first-order valence-electron chi connectivity index (χ1n) is 11.7. The van der Waals surface area contributed by atoms with Crippen molar-refractivity contribution in [2.75, 3.05) is 19.6 Å². The van der Waals surface area contributed by atoms with Crippen molar-refractivity contribution in [1.29, 1.82) is 0 Å². The Hall–Kier alpha value is -3.88. The molecule has 35 heavy (non-hydrogen) atoms. The molecule has 0 spiro atoms. The van der Waals surface area contributed by atoms with Gasteiger partial charge in [-0.3, -0.25) is 4.79 Å². The molecule has 1 amide bonds. The summed E-state index contributed by atoms with van der Waals surface area (Å²) in [6.45, 7) is 2.20. The van der Waals surface area contributed by atoms with E-state index in [4.69, 9.17) is 20.3 Å². The fourth-order valence-corrected chi connectivity index (χ4v) is 4.43. The normalized spacial score (nSPS) is 13.6. The van der Waals surface area contributed by atoms with E-state index in [1.54, 1.807) is 6.92 Å². The summed E-state index contributed by atoms with van der Waals surface area (Å²) in [6, 6.07) is 11.1. The van der Waals surface area contributed by atoms with Gasteiger partial charge in [0.15, 0.2) is 5.69 Å². The van der Waals surface area contributed by atoms with Crippen LogP contribution in [-0.2, 0) is 11.3 Å². The summed E-state index contributed by atoms with van der Waals surface area (Å²) in [5, 5.41) is 2.77. The molecule has 3 aromatic rings. The van der Waals surface area contributed by atoms with Crippen molar-refractivity contribution in [1.82, 2.24) is 15.0 Å². The van der Waals surface area contributed by atoms with Gasteiger partial charge in [-0.1, -0.05) is 37.1 Å². The van der Waals surface area contributed by atoms with Gasteiger partial charge in [0.1, 0.15) is 23.1 Å². The number of nitrogens with two attached hydrogens (primary N) is 1. The highest BCUT2D eigenvalue weighted by Crippen LogP contribution is 2.36. The molecule has 1 aromatic heterocycles. The number of methoxy groups -OCH3 is 1. The summed E-state index contributed by atoms with van der Waals surface area (Å²) in [5.41, 5.74) is 2.37. The van der Waals surface area contributed by atoms with E-state index in [0.717, 1.165) is 42.9 Å². The van der Waals surface area contributed by atoms with E-state index in [0.29, 0.717) is 17.3 Å². The van der Waals surface area contributed by atoms with E-state index in [1.165, 1.54) is 23.9 Å². The van der Waals surface area contributed by atoms with Crippen molar-refractivity contribution >= 4 is 11.9 Å². The molecule has 4 rings (SSSR count). The maximum absolute atomic E-state index is 13.6. The first kappa shape index (κ1) is 24.3. The largest absolute Gasteiger partial charge is 0.496 e. The molecule has 0 unspecified atom stereocenters. The second-order valence-electron chi connectivity index (χ2n) is 8.46. The zero-order chi connectivity index (χ0) is 24.9. The first-order valence-corrected chi connectivity index (χ1v) is 11.7. The van der Waals surface area contributed by atoms with E-state index >= 15 is 0 Å². The third-order valence-electron chi connectivity index (χ3n) is 6.21. The Bertz CT molecular complexity index is 1220. The molecule has 184 valence electrons. The Morgan fingerprint density at radius 3 is 2.54 bits per heavy atom. The SMILES string of the molecule is CCOC(=O)c1c(-c2ccc(CNC(=O)c3cc(F)ccc3OC)cc2)nc(C2CCCC2)n1N. The molecular weight excluding hydrogens is 451 g/mol. The minimum absolute atomic E-state index is 0.121. The van der Waals surface area contributed by atoms with Crippen LogP contribution in [0.4, 0.5) is 4.39 Å². The quantitative estimate of drug-likeness (QED) is 0.370. The molecule has 2 aromatic carbocycles. The Kier molecular flexibility index (Phi) is 7.33. The predicted octanol–water partition coefficient (Wildman–Crippen LogP) is 4.18. The third-order valence-corrected chi connectivity index (χ3v) is 6.21. The van der Waals surface area contributed by atoms with Crippen LogP contribution in [0.2, 0.25) is 0 Å². The Morgan fingerprint density at radius 1 is 1.17 bits per heavy atom. The van der Waals surface area contributed by atoms with Crippen molar-refractivity contribution in [3.63, 3.8) is 0 Å². The van der Waals surface area contributed by atoms with E-state index in [9.17, 15) is 14.0 Å². The third kappa shape index (κ3) is 5.13. The van der Waals surface area contributed by atoms with Crippen LogP contribution in [0, 0.1) is 5.82 Å². The molecule has 1 aliphatic rings. The summed E-state index contributed by atoms with van der Waals surface area (Å²) >= 11 is 0. The monoisotopic (exact) mass is 480 g/mol. The lowest BCUT2D eigenvalue weighted by Gasteiger charge is -2.10. The van der Waals surface area contributed by atoms with Gasteiger partial charge in [0, 0.05) is 18.0 Å². The maximum atomic E-state index is 13.6. The smallest absolute Gasteiger partial charge is 0.359 e. The molecular formula is C26H29FN4O4. The summed E-state index contributed by atoms with van der Waals surface area (Å²) in [4.78, 5) is 30.0. The molecule has 1 fully saturated rings. The Morgan fingerprint density at radius 2 is 1.89 bits per heavy atom. The molecule has 9 heteroatoms. The van der Waals surface area contributed by atoms with Crippen LogP contribution in [0.25, 0.3) is 11.3 Å². The summed E-state index contributed by atoms with van der Waals surface area (Å²) in [6.07, 6.45) is 4.21. The summed E-state index contributed by atoms with van der Waals surface area (Å²) < 4.78 is 25.4. The molecule has 3 N–H and O–H groups in total. The fourth-order valence-electron chi connectivity index (χ4n) is 4.43. The number of halogens is 1. The number of hydrogen-bond donors (Lipinski definition) is 2. The van der Waals surface area contributed by atoms with Crippen molar-refractivity contribution in [2.45, 2.75) is 45.1 Å². The van der Waals surface area contributed by atoms with Gasteiger partial charge < -0.3 is 20.6 Å². The number of esters is 1. The molecule has 0 atom stereocenters. The minimum Gasteiger partial charge on any atom is -0.496 e. The molecule has 0 saturated heterocycles. The number of nitrogen functional groups attached to an aromatic ring is 1. The second kappa shape index (κ2) is 10.6. The van der Waals surface area contributed by atoms with Crippen LogP contribution in [0.3, 0.4) is 0 Å². The van der Waals surface area contributed by atoms with Gasteiger partial charge in [0.25, 0.3) is 5.91 Å². The predicted molar refractivity (Wildman–Crippen MR) is 129 cm³/mol. The van der Waals surface area contributed by atoms with E-state index in [1.807, 2.05) is 24.3 Å². The van der Waals surface area contributed by atoms with Crippen molar-refractivity contribution in [2.24, 2.45) is 0 Å². The zero-order valence-electron chi connectivity index (χ0n) is 19.8. The molecule has 8 nitrogen and oxygen atoms in total. The minimum atomic E-state index is -0.519. The molecule has 1 heterocycles. The van der Waals surface area contributed by atoms with Crippen LogP contribution in [0.5, 0.6) is 5.75 Å². The summed E-state index contributed by atoms with van der Waals surface area (Å²) in [7, 11) is 1.42. The number of carbonyl (C=O) groups excluding carboxylic acids is 2. The molecule has 0 radical (unpaired) electrons. The van der Waals surface area contributed by atoms with Crippen LogP contribution in [0.1, 0.15) is 70.8 Å². The molecule has 1 aliphatic carbocycles. The van der Waals surface area contributed by atoms with E-state index in [2.05, 4.69) is 5.32 Å². The lowest BCUT2D eigenvalue weighted by molar-refractivity contribution is 0.0516. The number of nitrogens with zero attached hydrogens (tertiary/aromatic N) is 2. The zero-order valence-corrected chi connectivity index (χ0v) is 19.8. The highest BCUT2D eigenvalue weighted by atomic mass is 19.1. The van der Waals surface area contributed by atoms with Crippen molar-refractivity contribution in [3.05, 3.63) is 70.9 Å². The van der Waals surface area contributed by atoms with Gasteiger partial charge in [-0.05, 0) is 43.5 Å². The van der Waals surface area contributed by atoms with Crippen LogP contribution in [-0.4, -0.2) is 35.3 Å². The Balaban J connectivity index is 1.54. The number of benzene rings is 2. The van der Waals surface area contributed by atoms with Gasteiger partial charge >= 0.3 is 5.97 Å². The number of ether oxygens (including phenoxy) is 2. The van der Waals surface area contributed by atoms with E-state index in [-0.39, 0.29) is 30.3 Å². The number of nitrogens with one attached hydrogen (secondary N) is 1. The molecule has 1 saturated carbocycles. The van der Waals surface area contributed by atoms with Crippen LogP contribution in [0.15, 0.2) is 42.5 Å². The van der Waals surface area contributed by atoms with Gasteiger partial charge in [-0.2, -0.15) is 0 Å². The van der Waals surface area contributed by atoms with E-state index < -0.39 is 17.7 Å². The number of carbonyl (C=O) groups is 2. The lowest BCUT2D eigenvalue weighted by atomic mass is 10.1. The first-order chi connectivity index (χ1) is 16.9. The van der Waals surface area contributed by atoms with Gasteiger partial charge in [0.05, 0.1) is 19.3 Å². The number of rotatable bonds is 8. The second-order valence-corrected chi connectivity index (χ2v) is 8.46. The molecule has 0 bridgehead atoms. The Labute approximate surface area is 203 Å². The summed E-state index contributed by atoms with van der Waals surface area (Å²) in [5.74, 6) is 6.05. The van der Waals surface area contributed by atoms with Crippen LogP contribution < -0.4 is 15.9 Å². The van der Waals surface area contributed by atoms with Gasteiger partial charge in [-0.25, -0.2) is 18.8 Å². The van der Waals surface area contributed by atoms with Crippen molar-refractivity contribution < 1.29 is 23.5 Å². The number of imidazole rings is 1. The lowest BCUT2D eigenvalue weighted by Crippen LogP contribution is -2.23. The highest BCUT2D eigenvalue weighted by Gasteiger charge is 2.29. The molecule has 0 aliphatic heterocycles. The van der Waals surface area contributed by atoms with Gasteiger partial charge in [0.2, 0.25) is 0 Å². The van der Waals surface area contributed by atoms with Crippen molar-refractivity contribution in [3.8, 4) is 17.0 Å². The standard InChI is InChI=1S/C26H29FN4O4/c1-3-35-26(33)23-22(30-24(31(23)28)18-6-4-5-7-18)17-10-8-16(9-11-17)15-29-25(32)20-14-19(27)12-13-21(20)34-2/h8-14,18H,3-7,15,28H2,1-2H3,(H,29,32). The fraction of sp³-hybridized carbons (Fsp3) is 0.346. The highest BCUT2D eigenvalue weighted by molar-refractivity contribution is 5.97. The number of aromatic nitrogens is 2. The topological polar surface area (TPSA) is 108 Å². The average Bonchev–Trinajstić information content (AvgIpc) is 3.51.